The molecule has 122 valence electrons. The van der Waals surface area contributed by atoms with Crippen LogP contribution in [0.25, 0.3) is 0 Å². The minimum Gasteiger partial charge on any atom is -0.326 e. The number of anilines is 2. The summed E-state index contributed by atoms with van der Waals surface area (Å²) in [6.45, 7) is 1.43. The second-order valence-electron chi connectivity index (χ2n) is 5.07. The van der Waals surface area contributed by atoms with Crippen LogP contribution in [0, 0.1) is 11.3 Å². The van der Waals surface area contributed by atoms with Gasteiger partial charge in [0.25, 0.3) is 0 Å². The van der Waals surface area contributed by atoms with Gasteiger partial charge in [-0.3, -0.25) is 9.59 Å². The Morgan fingerprint density at radius 3 is 2.50 bits per heavy atom. The number of hydrogen-bond donors (Lipinski definition) is 2. The van der Waals surface area contributed by atoms with E-state index in [0.29, 0.717) is 22.7 Å². The molecule has 2 rings (SSSR count). The molecule has 0 aliphatic rings. The van der Waals surface area contributed by atoms with Crippen LogP contribution >= 0.6 is 11.8 Å². The number of thioether (sulfide) groups is 1. The molecule has 0 atom stereocenters. The van der Waals surface area contributed by atoms with Gasteiger partial charge in [0.05, 0.1) is 17.4 Å². The molecule has 0 aliphatic carbocycles. The molecule has 5 nitrogen and oxygen atoms in total. The van der Waals surface area contributed by atoms with Crippen molar-refractivity contribution < 1.29 is 9.59 Å². The Balaban J connectivity index is 1.85. The lowest BCUT2D eigenvalue weighted by atomic mass is 10.1. The van der Waals surface area contributed by atoms with Gasteiger partial charge in [-0.1, -0.05) is 24.3 Å². The van der Waals surface area contributed by atoms with Crippen LogP contribution in [0.3, 0.4) is 0 Å². The average molecular weight is 339 g/mol. The van der Waals surface area contributed by atoms with Crippen molar-refractivity contribution in [2.75, 3.05) is 16.4 Å². The maximum atomic E-state index is 12.0. The Kier molecular flexibility index (Phi) is 6.41. The standard InChI is InChI=1S/C18H17N3O2S/c1-13(22)20-16-7-4-8-17(9-16)21-18(23)12-24-11-15-6-3-2-5-14(15)10-19/h2-9H,11-12H2,1H3,(H,20,22)(H,21,23). The third-order valence-electron chi connectivity index (χ3n) is 3.10. The number of carbonyl (C=O) groups is 2. The summed E-state index contributed by atoms with van der Waals surface area (Å²) in [6.07, 6.45) is 0. The minimum atomic E-state index is -0.162. The van der Waals surface area contributed by atoms with Crippen LogP contribution in [0.5, 0.6) is 0 Å². The van der Waals surface area contributed by atoms with Crippen molar-refractivity contribution >= 4 is 35.0 Å². The molecule has 2 N–H and O–H groups in total. The second kappa shape index (κ2) is 8.75. The highest BCUT2D eigenvalue weighted by Gasteiger charge is 2.06. The second-order valence-corrected chi connectivity index (χ2v) is 6.06. The van der Waals surface area contributed by atoms with Crippen molar-refractivity contribution in [3.05, 3.63) is 59.7 Å². The van der Waals surface area contributed by atoms with E-state index in [2.05, 4.69) is 16.7 Å². The van der Waals surface area contributed by atoms with Crippen LogP contribution < -0.4 is 10.6 Å². The van der Waals surface area contributed by atoms with Gasteiger partial charge in [-0.2, -0.15) is 5.26 Å². The molecule has 0 fully saturated rings. The molecule has 0 saturated heterocycles. The van der Waals surface area contributed by atoms with Gasteiger partial charge in [0, 0.05) is 24.1 Å². The van der Waals surface area contributed by atoms with Crippen LogP contribution in [0.15, 0.2) is 48.5 Å². The van der Waals surface area contributed by atoms with Crippen LogP contribution in [0.4, 0.5) is 11.4 Å². The van der Waals surface area contributed by atoms with Gasteiger partial charge >= 0.3 is 0 Å². The number of carbonyl (C=O) groups excluding carboxylic acids is 2. The molecule has 0 saturated carbocycles. The summed E-state index contributed by atoms with van der Waals surface area (Å²) in [4.78, 5) is 23.1. The van der Waals surface area contributed by atoms with E-state index in [-0.39, 0.29) is 17.6 Å². The molecule has 2 aromatic carbocycles. The number of rotatable bonds is 6. The molecule has 0 unspecified atom stereocenters. The molecule has 24 heavy (non-hydrogen) atoms. The molecule has 2 amide bonds. The number of benzene rings is 2. The Labute approximate surface area is 145 Å². The lowest BCUT2D eigenvalue weighted by Gasteiger charge is -2.08. The summed E-state index contributed by atoms with van der Waals surface area (Å²) >= 11 is 1.45. The van der Waals surface area contributed by atoms with E-state index in [0.717, 1.165) is 5.56 Å². The van der Waals surface area contributed by atoms with Crippen molar-refractivity contribution in [3.63, 3.8) is 0 Å². The molecule has 0 aromatic heterocycles. The van der Waals surface area contributed by atoms with Crippen LogP contribution in [0.2, 0.25) is 0 Å². The number of nitrogens with zero attached hydrogens (tertiary/aromatic N) is 1. The lowest BCUT2D eigenvalue weighted by Crippen LogP contribution is -2.14. The summed E-state index contributed by atoms with van der Waals surface area (Å²) in [6, 6.07) is 16.5. The SMILES string of the molecule is CC(=O)Nc1cccc(NC(=O)CSCc2ccccc2C#N)c1. The van der Waals surface area contributed by atoms with E-state index < -0.39 is 0 Å². The summed E-state index contributed by atoms with van der Waals surface area (Å²) in [5, 5.41) is 14.5. The van der Waals surface area contributed by atoms with Crippen molar-refractivity contribution in [2.45, 2.75) is 12.7 Å². The topological polar surface area (TPSA) is 82.0 Å². The van der Waals surface area contributed by atoms with E-state index >= 15 is 0 Å². The average Bonchev–Trinajstić information content (AvgIpc) is 2.55. The highest BCUT2D eigenvalue weighted by Crippen LogP contribution is 2.18. The van der Waals surface area contributed by atoms with Gasteiger partial charge in [0.1, 0.15) is 0 Å². The first kappa shape index (κ1) is 17.6. The predicted molar refractivity (Wildman–Crippen MR) is 96.7 cm³/mol. The van der Waals surface area contributed by atoms with E-state index in [1.54, 1.807) is 30.3 Å². The fourth-order valence-corrected chi connectivity index (χ4v) is 2.92. The summed E-state index contributed by atoms with van der Waals surface area (Å²) < 4.78 is 0. The third-order valence-corrected chi connectivity index (χ3v) is 4.08. The summed E-state index contributed by atoms with van der Waals surface area (Å²) in [5.74, 6) is 0.590. The molecular weight excluding hydrogens is 322 g/mol. The quantitative estimate of drug-likeness (QED) is 0.845. The maximum Gasteiger partial charge on any atom is 0.234 e. The Morgan fingerprint density at radius 2 is 1.79 bits per heavy atom. The molecule has 0 spiro atoms. The highest BCUT2D eigenvalue weighted by molar-refractivity contribution is 7.99. The first-order chi connectivity index (χ1) is 11.6. The van der Waals surface area contributed by atoms with Gasteiger partial charge in [0.15, 0.2) is 0 Å². The smallest absolute Gasteiger partial charge is 0.234 e. The normalized spacial score (nSPS) is 9.83. The van der Waals surface area contributed by atoms with Crippen LogP contribution in [0.1, 0.15) is 18.1 Å². The fourth-order valence-electron chi connectivity index (χ4n) is 2.08. The molecule has 0 radical (unpaired) electrons. The van der Waals surface area contributed by atoms with Crippen molar-refractivity contribution in [1.29, 1.82) is 5.26 Å². The van der Waals surface area contributed by atoms with Gasteiger partial charge in [0.2, 0.25) is 11.8 Å². The molecule has 0 aliphatic heterocycles. The lowest BCUT2D eigenvalue weighted by molar-refractivity contribution is -0.114. The first-order valence-corrected chi connectivity index (χ1v) is 8.47. The Bertz CT molecular complexity index is 784. The number of hydrogen-bond acceptors (Lipinski definition) is 4. The number of nitriles is 1. The molecule has 6 heteroatoms. The predicted octanol–water partition coefficient (Wildman–Crippen LogP) is 3.39. The van der Waals surface area contributed by atoms with Crippen molar-refractivity contribution in [1.82, 2.24) is 0 Å². The molecule has 0 bridgehead atoms. The summed E-state index contributed by atoms with van der Waals surface area (Å²) in [5.41, 5.74) is 2.82. The zero-order valence-corrected chi connectivity index (χ0v) is 14.0. The summed E-state index contributed by atoms with van der Waals surface area (Å²) in [7, 11) is 0. The maximum absolute atomic E-state index is 12.0. The third kappa shape index (κ3) is 5.45. The van der Waals surface area contributed by atoms with Crippen molar-refractivity contribution in [2.24, 2.45) is 0 Å². The Hall–Kier alpha value is -2.78. The number of amides is 2. The van der Waals surface area contributed by atoms with E-state index in [9.17, 15) is 9.59 Å². The minimum absolute atomic E-state index is 0.130. The zero-order chi connectivity index (χ0) is 17.4. The monoisotopic (exact) mass is 339 g/mol. The number of nitrogens with one attached hydrogen (secondary N) is 2. The molecule has 2 aromatic rings. The van der Waals surface area contributed by atoms with Gasteiger partial charge in [-0.25, -0.2) is 0 Å². The van der Waals surface area contributed by atoms with Crippen molar-refractivity contribution in [3.8, 4) is 6.07 Å². The fraction of sp³-hybridized carbons (Fsp3) is 0.167. The van der Waals surface area contributed by atoms with Crippen LogP contribution in [-0.4, -0.2) is 17.6 Å². The van der Waals surface area contributed by atoms with Gasteiger partial charge in [-0.05, 0) is 29.8 Å². The van der Waals surface area contributed by atoms with Crippen LogP contribution in [-0.2, 0) is 15.3 Å². The first-order valence-electron chi connectivity index (χ1n) is 7.32. The Morgan fingerprint density at radius 1 is 1.08 bits per heavy atom. The largest absolute Gasteiger partial charge is 0.326 e. The van der Waals surface area contributed by atoms with E-state index in [4.69, 9.17) is 5.26 Å². The molecular formula is C18H17N3O2S. The van der Waals surface area contributed by atoms with E-state index in [1.807, 2.05) is 18.2 Å². The molecule has 0 heterocycles. The van der Waals surface area contributed by atoms with Gasteiger partial charge < -0.3 is 10.6 Å². The highest BCUT2D eigenvalue weighted by atomic mass is 32.2. The van der Waals surface area contributed by atoms with E-state index in [1.165, 1.54) is 18.7 Å². The zero-order valence-electron chi connectivity index (χ0n) is 13.2. The van der Waals surface area contributed by atoms with Gasteiger partial charge in [-0.15, -0.1) is 11.8 Å².